The van der Waals surface area contributed by atoms with Crippen LogP contribution < -0.4 is 5.32 Å². The molecular weight excluding hydrogens is 178 g/mol. The fraction of sp³-hybridized carbons (Fsp3) is 0.909. The maximum Gasteiger partial charge on any atom is 0.309 e. The maximum atomic E-state index is 11.6. The third-order valence-electron chi connectivity index (χ3n) is 3.99. The molecule has 0 radical (unpaired) electrons. The van der Waals surface area contributed by atoms with Gasteiger partial charge in [0.1, 0.15) is 0 Å². The van der Waals surface area contributed by atoms with E-state index >= 15 is 0 Å². The lowest BCUT2D eigenvalue weighted by atomic mass is 9.71. The van der Waals surface area contributed by atoms with Crippen LogP contribution in [0.25, 0.3) is 0 Å². The molecule has 2 rings (SSSR count). The van der Waals surface area contributed by atoms with Crippen molar-refractivity contribution in [3.63, 3.8) is 0 Å². The predicted molar refractivity (Wildman–Crippen MR) is 53.9 cm³/mol. The first-order valence-electron chi connectivity index (χ1n) is 5.57. The van der Waals surface area contributed by atoms with E-state index in [9.17, 15) is 4.79 Å². The van der Waals surface area contributed by atoms with Crippen LogP contribution in [0, 0.1) is 11.3 Å². The van der Waals surface area contributed by atoms with Crippen LogP contribution in [0.15, 0.2) is 0 Å². The summed E-state index contributed by atoms with van der Waals surface area (Å²) in [6, 6.07) is 0. The molecular formula is C11H19NO2. The van der Waals surface area contributed by atoms with E-state index in [1.165, 1.54) is 20.0 Å². The first-order chi connectivity index (χ1) is 6.78. The third-order valence-corrected chi connectivity index (χ3v) is 3.99. The van der Waals surface area contributed by atoms with Crippen molar-refractivity contribution in [2.75, 3.05) is 20.2 Å². The average Bonchev–Trinajstić information content (AvgIpc) is 2.62. The number of rotatable bonds is 1. The summed E-state index contributed by atoms with van der Waals surface area (Å²) in [5.41, 5.74) is 0.276. The molecule has 1 aliphatic carbocycles. The molecule has 1 saturated carbocycles. The Morgan fingerprint density at radius 2 is 2.07 bits per heavy atom. The van der Waals surface area contributed by atoms with Crippen molar-refractivity contribution in [1.29, 1.82) is 0 Å². The van der Waals surface area contributed by atoms with Gasteiger partial charge in [0.05, 0.1) is 13.0 Å². The van der Waals surface area contributed by atoms with Crippen molar-refractivity contribution in [1.82, 2.24) is 5.32 Å². The molecule has 1 spiro atoms. The van der Waals surface area contributed by atoms with Gasteiger partial charge in [-0.25, -0.2) is 0 Å². The molecule has 0 bridgehead atoms. The van der Waals surface area contributed by atoms with Crippen LogP contribution in [0.3, 0.4) is 0 Å². The lowest BCUT2D eigenvalue weighted by molar-refractivity contribution is -0.150. The van der Waals surface area contributed by atoms with Crippen LogP contribution >= 0.6 is 0 Å². The Hall–Kier alpha value is -0.570. The van der Waals surface area contributed by atoms with Crippen LogP contribution in [0.5, 0.6) is 0 Å². The first-order valence-corrected chi connectivity index (χ1v) is 5.57. The monoisotopic (exact) mass is 197 g/mol. The van der Waals surface area contributed by atoms with E-state index in [-0.39, 0.29) is 17.3 Å². The molecule has 2 aliphatic rings. The molecule has 3 heteroatoms. The number of hydrogen-bond donors (Lipinski definition) is 1. The zero-order valence-electron chi connectivity index (χ0n) is 8.84. The molecule has 1 saturated heterocycles. The Bertz CT molecular complexity index is 221. The van der Waals surface area contributed by atoms with E-state index in [0.717, 1.165) is 32.4 Å². The number of ether oxygens (including phenoxy) is 1. The fourth-order valence-electron chi connectivity index (χ4n) is 3.17. The van der Waals surface area contributed by atoms with Crippen molar-refractivity contribution in [3.8, 4) is 0 Å². The van der Waals surface area contributed by atoms with Gasteiger partial charge in [0, 0.05) is 0 Å². The number of carbonyl (C=O) groups is 1. The van der Waals surface area contributed by atoms with Crippen molar-refractivity contribution in [2.24, 2.45) is 11.3 Å². The van der Waals surface area contributed by atoms with Crippen LogP contribution in [-0.2, 0) is 9.53 Å². The van der Waals surface area contributed by atoms with Gasteiger partial charge < -0.3 is 10.1 Å². The second-order valence-corrected chi connectivity index (χ2v) is 4.58. The average molecular weight is 197 g/mol. The van der Waals surface area contributed by atoms with Crippen molar-refractivity contribution < 1.29 is 9.53 Å². The summed E-state index contributed by atoms with van der Waals surface area (Å²) in [6.45, 7) is 2.13. The van der Waals surface area contributed by atoms with Crippen molar-refractivity contribution in [2.45, 2.75) is 32.1 Å². The summed E-state index contributed by atoms with van der Waals surface area (Å²) in [5.74, 6) is 0.194. The topological polar surface area (TPSA) is 38.3 Å². The van der Waals surface area contributed by atoms with Gasteiger partial charge in [-0.05, 0) is 44.2 Å². The molecule has 14 heavy (non-hydrogen) atoms. The highest BCUT2D eigenvalue weighted by atomic mass is 16.5. The van der Waals surface area contributed by atoms with Gasteiger partial charge in [0.15, 0.2) is 0 Å². The summed E-state index contributed by atoms with van der Waals surface area (Å²) in [6.07, 6.45) is 5.74. The minimum atomic E-state index is 0.0180. The van der Waals surface area contributed by atoms with Crippen molar-refractivity contribution >= 4 is 5.97 Å². The second kappa shape index (κ2) is 3.89. The molecule has 0 aromatic carbocycles. The van der Waals surface area contributed by atoms with E-state index in [4.69, 9.17) is 4.74 Å². The van der Waals surface area contributed by atoms with E-state index in [0.29, 0.717) is 0 Å². The Morgan fingerprint density at radius 3 is 2.71 bits per heavy atom. The van der Waals surface area contributed by atoms with Gasteiger partial charge in [-0.2, -0.15) is 0 Å². The Kier molecular flexibility index (Phi) is 2.77. The maximum absolute atomic E-state index is 11.6. The molecule has 1 heterocycles. The SMILES string of the molecule is COC(=O)C1CCCC12CCNCC2. The molecule has 1 atom stereocenters. The third kappa shape index (κ3) is 1.54. The summed E-state index contributed by atoms with van der Waals surface area (Å²) < 4.78 is 4.90. The molecule has 3 nitrogen and oxygen atoms in total. The van der Waals surface area contributed by atoms with E-state index < -0.39 is 0 Å². The van der Waals surface area contributed by atoms with E-state index in [2.05, 4.69) is 5.32 Å². The van der Waals surface area contributed by atoms with Crippen LogP contribution in [-0.4, -0.2) is 26.2 Å². The van der Waals surface area contributed by atoms with Crippen LogP contribution in [0.2, 0.25) is 0 Å². The van der Waals surface area contributed by atoms with Gasteiger partial charge in [-0.15, -0.1) is 0 Å². The number of piperidine rings is 1. The lowest BCUT2D eigenvalue weighted by Crippen LogP contribution is -2.41. The summed E-state index contributed by atoms with van der Waals surface area (Å²) in [7, 11) is 1.51. The van der Waals surface area contributed by atoms with Gasteiger partial charge in [0.25, 0.3) is 0 Å². The minimum Gasteiger partial charge on any atom is -0.469 e. The predicted octanol–water partition coefficient (Wildman–Crippen LogP) is 1.33. The van der Waals surface area contributed by atoms with E-state index in [1.54, 1.807) is 0 Å². The van der Waals surface area contributed by atoms with Gasteiger partial charge in [0.2, 0.25) is 0 Å². The van der Waals surface area contributed by atoms with Gasteiger partial charge in [-0.3, -0.25) is 4.79 Å². The second-order valence-electron chi connectivity index (χ2n) is 4.58. The number of nitrogens with one attached hydrogen (secondary N) is 1. The standard InChI is InChI=1S/C11H19NO2/c1-14-10(13)9-3-2-4-11(9)5-7-12-8-6-11/h9,12H,2-8H2,1H3. The zero-order chi connectivity index (χ0) is 10.0. The highest BCUT2D eigenvalue weighted by Gasteiger charge is 2.47. The summed E-state index contributed by atoms with van der Waals surface area (Å²) in [5, 5.41) is 3.36. The molecule has 1 unspecified atom stereocenters. The molecule has 1 N–H and O–H groups in total. The molecule has 2 fully saturated rings. The number of methoxy groups -OCH3 is 1. The summed E-state index contributed by atoms with van der Waals surface area (Å²) in [4.78, 5) is 11.6. The molecule has 1 aliphatic heterocycles. The zero-order valence-corrected chi connectivity index (χ0v) is 8.84. The van der Waals surface area contributed by atoms with Gasteiger partial charge in [-0.1, -0.05) is 6.42 Å². The Labute approximate surface area is 85.2 Å². The Balaban J connectivity index is 2.11. The molecule has 0 amide bonds. The highest BCUT2D eigenvalue weighted by Crippen LogP contribution is 2.49. The van der Waals surface area contributed by atoms with Crippen LogP contribution in [0.1, 0.15) is 32.1 Å². The highest BCUT2D eigenvalue weighted by molar-refractivity contribution is 5.73. The summed E-state index contributed by atoms with van der Waals surface area (Å²) >= 11 is 0. The quantitative estimate of drug-likeness (QED) is 0.644. The molecule has 80 valence electrons. The number of hydrogen-bond acceptors (Lipinski definition) is 3. The normalized spacial score (nSPS) is 30.5. The largest absolute Gasteiger partial charge is 0.469 e. The first kappa shape index (κ1) is 9.97. The van der Waals surface area contributed by atoms with Gasteiger partial charge >= 0.3 is 5.97 Å². The Morgan fingerprint density at radius 1 is 1.36 bits per heavy atom. The molecule has 0 aromatic rings. The number of esters is 1. The molecule has 0 aromatic heterocycles. The smallest absolute Gasteiger partial charge is 0.309 e. The minimum absolute atomic E-state index is 0.0180. The van der Waals surface area contributed by atoms with E-state index in [1.807, 2.05) is 0 Å². The lowest BCUT2D eigenvalue weighted by Gasteiger charge is -2.37. The van der Waals surface area contributed by atoms with Crippen LogP contribution in [0.4, 0.5) is 0 Å². The fourth-order valence-corrected chi connectivity index (χ4v) is 3.17. The number of carbonyl (C=O) groups excluding carboxylic acids is 1. The van der Waals surface area contributed by atoms with Crippen molar-refractivity contribution in [3.05, 3.63) is 0 Å².